The number of aromatic nitrogens is 2. The lowest BCUT2D eigenvalue weighted by atomic mass is 10.1. The van der Waals surface area contributed by atoms with Gasteiger partial charge in [0.25, 0.3) is 11.5 Å². The van der Waals surface area contributed by atoms with Gasteiger partial charge in [0, 0.05) is 17.6 Å². The number of amides is 1. The van der Waals surface area contributed by atoms with Crippen LogP contribution in [0.4, 0.5) is 0 Å². The summed E-state index contributed by atoms with van der Waals surface area (Å²) in [5, 5.41) is 3.42. The van der Waals surface area contributed by atoms with Crippen molar-refractivity contribution >= 4 is 29.0 Å². The molecule has 2 N–H and O–H groups in total. The molecular formula is C15H19N3O2S. The Hall–Kier alpha value is -1.95. The van der Waals surface area contributed by atoms with E-state index in [1.165, 1.54) is 4.57 Å². The van der Waals surface area contributed by atoms with E-state index in [1.807, 2.05) is 27.7 Å². The van der Waals surface area contributed by atoms with Gasteiger partial charge in [0.15, 0.2) is 4.77 Å². The third-order valence-corrected chi connectivity index (χ3v) is 3.37. The zero-order valence-corrected chi connectivity index (χ0v) is 13.4. The number of nitrogens with one attached hydrogen (secondary N) is 2. The molecule has 21 heavy (non-hydrogen) atoms. The van der Waals surface area contributed by atoms with Crippen LogP contribution in [0.25, 0.3) is 10.9 Å². The Bertz CT molecular complexity index is 812. The van der Waals surface area contributed by atoms with Crippen molar-refractivity contribution < 1.29 is 4.79 Å². The van der Waals surface area contributed by atoms with Gasteiger partial charge in [-0.05, 0) is 58.1 Å². The lowest BCUT2D eigenvalue weighted by Gasteiger charge is -2.20. The molecule has 0 saturated carbocycles. The summed E-state index contributed by atoms with van der Waals surface area (Å²) in [7, 11) is 0. The van der Waals surface area contributed by atoms with Gasteiger partial charge in [0.05, 0.1) is 10.9 Å². The number of rotatable bonds is 2. The minimum atomic E-state index is -0.315. The second kappa shape index (κ2) is 5.44. The SMILES string of the molecule is CCn1c(=S)[nH]c2cc(C(=O)NC(C)(C)C)ccc2c1=O. The minimum Gasteiger partial charge on any atom is -0.347 e. The maximum absolute atomic E-state index is 12.3. The first-order chi connectivity index (χ1) is 9.73. The Morgan fingerprint density at radius 1 is 1.38 bits per heavy atom. The van der Waals surface area contributed by atoms with Gasteiger partial charge in [-0.25, -0.2) is 0 Å². The summed E-state index contributed by atoms with van der Waals surface area (Å²) < 4.78 is 1.86. The molecule has 2 rings (SSSR count). The molecule has 2 aromatic rings. The van der Waals surface area contributed by atoms with Crippen molar-refractivity contribution in [3.63, 3.8) is 0 Å². The molecule has 112 valence electrons. The average molecular weight is 305 g/mol. The van der Waals surface area contributed by atoms with Crippen LogP contribution in [0.15, 0.2) is 23.0 Å². The first-order valence-electron chi connectivity index (χ1n) is 6.82. The highest BCUT2D eigenvalue weighted by molar-refractivity contribution is 7.71. The van der Waals surface area contributed by atoms with E-state index in [-0.39, 0.29) is 17.0 Å². The molecule has 0 spiro atoms. The molecule has 0 aliphatic rings. The molecule has 1 aromatic heterocycles. The first kappa shape index (κ1) is 15.4. The van der Waals surface area contributed by atoms with Crippen LogP contribution >= 0.6 is 12.2 Å². The van der Waals surface area contributed by atoms with Crippen LogP contribution in [0.2, 0.25) is 0 Å². The molecule has 1 aromatic carbocycles. The second-order valence-corrected chi connectivity index (χ2v) is 6.33. The number of H-pyrrole nitrogens is 1. The van der Waals surface area contributed by atoms with Crippen LogP contribution < -0.4 is 10.9 Å². The summed E-state index contributed by atoms with van der Waals surface area (Å²) in [6.07, 6.45) is 0. The van der Waals surface area contributed by atoms with Crippen LogP contribution in [0, 0.1) is 4.77 Å². The van der Waals surface area contributed by atoms with Crippen LogP contribution in [0.1, 0.15) is 38.1 Å². The summed E-state index contributed by atoms with van der Waals surface area (Å²) in [4.78, 5) is 27.4. The van der Waals surface area contributed by atoms with Gasteiger partial charge in [-0.3, -0.25) is 14.2 Å². The van der Waals surface area contributed by atoms with Crippen molar-refractivity contribution in [1.82, 2.24) is 14.9 Å². The molecule has 0 atom stereocenters. The van der Waals surface area contributed by atoms with Crippen molar-refractivity contribution in [2.75, 3.05) is 0 Å². The number of aromatic amines is 1. The fourth-order valence-electron chi connectivity index (χ4n) is 2.10. The third-order valence-electron chi connectivity index (χ3n) is 3.05. The average Bonchev–Trinajstić information content (AvgIpc) is 2.36. The predicted molar refractivity (Wildman–Crippen MR) is 86.3 cm³/mol. The number of carbonyl (C=O) groups excluding carboxylic acids is 1. The van der Waals surface area contributed by atoms with Crippen molar-refractivity contribution in [2.24, 2.45) is 0 Å². The maximum Gasteiger partial charge on any atom is 0.262 e. The van der Waals surface area contributed by atoms with Crippen LogP contribution in [0.5, 0.6) is 0 Å². The highest BCUT2D eigenvalue weighted by atomic mass is 32.1. The number of hydrogen-bond acceptors (Lipinski definition) is 3. The fraction of sp³-hybridized carbons (Fsp3) is 0.400. The normalized spacial score (nSPS) is 11.6. The largest absolute Gasteiger partial charge is 0.347 e. The number of fused-ring (bicyclic) bond motifs is 1. The molecule has 5 nitrogen and oxygen atoms in total. The van der Waals surface area contributed by atoms with Gasteiger partial charge < -0.3 is 10.3 Å². The summed E-state index contributed by atoms with van der Waals surface area (Å²) in [5.74, 6) is -0.177. The molecular weight excluding hydrogens is 286 g/mol. The zero-order chi connectivity index (χ0) is 15.8. The zero-order valence-electron chi connectivity index (χ0n) is 12.6. The van der Waals surface area contributed by atoms with E-state index in [4.69, 9.17) is 12.2 Å². The Balaban J connectivity index is 2.56. The smallest absolute Gasteiger partial charge is 0.262 e. The number of hydrogen-bond donors (Lipinski definition) is 2. The molecule has 1 heterocycles. The van der Waals surface area contributed by atoms with E-state index in [2.05, 4.69) is 10.3 Å². The monoisotopic (exact) mass is 305 g/mol. The third kappa shape index (κ3) is 3.21. The van der Waals surface area contributed by atoms with E-state index >= 15 is 0 Å². The molecule has 0 bridgehead atoms. The van der Waals surface area contributed by atoms with E-state index in [9.17, 15) is 9.59 Å². The van der Waals surface area contributed by atoms with Gasteiger partial charge >= 0.3 is 0 Å². The number of nitrogens with zero attached hydrogens (tertiary/aromatic N) is 1. The summed E-state index contributed by atoms with van der Waals surface area (Å²) in [6, 6.07) is 4.97. The van der Waals surface area contributed by atoms with E-state index in [0.717, 1.165) is 0 Å². The maximum atomic E-state index is 12.3. The van der Waals surface area contributed by atoms with Gasteiger partial charge in [-0.2, -0.15) is 0 Å². The highest BCUT2D eigenvalue weighted by Gasteiger charge is 2.16. The Morgan fingerprint density at radius 3 is 2.62 bits per heavy atom. The minimum absolute atomic E-state index is 0.140. The van der Waals surface area contributed by atoms with Gasteiger partial charge in [0.1, 0.15) is 0 Å². The standard InChI is InChI=1S/C15H19N3O2S/c1-5-18-13(20)10-7-6-9(8-11(10)16-14(18)21)12(19)17-15(2,3)4/h6-8H,5H2,1-4H3,(H,16,21)(H,17,19). The Morgan fingerprint density at radius 2 is 2.05 bits per heavy atom. The number of carbonyl (C=O) groups is 1. The molecule has 6 heteroatoms. The van der Waals surface area contributed by atoms with Gasteiger partial charge in [-0.1, -0.05) is 0 Å². The summed E-state index contributed by atoms with van der Waals surface area (Å²) in [6.45, 7) is 8.12. The Labute approximate surface area is 128 Å². The molecule has 0 aliphatic heterocycles. The van der Waals surface area contributed by atoms with E-state index in [0.29, 0.717) is 27.8 Å². The van der Waals surface area contributed by atoms with Crippen LogP contribution in [0.3, 0.4) is 0 Å². The molecule has 1 amide bonds. The molecule has 0 fully saturated rings. The van der Waals surface area contributed by atoms with Gasteiger partial charge in [-0.15, -0.1) is 0 Å². The van der Waals surface area contributed by atoms with E-state index < -0.39 is 0 Å². The second-order valence-electron chi connectivity index (χ2n) is 5.94. The topological polar surface area (TPSA) is 66.9 Å². The lowest BCUT2D eigenvalue weighted by Crippen LogP contribution is -2.40. The van der Waals surface area contributed by atoms with Crippen molar-refractivity contribution in [2.45, 2.75) is 39.8 Å². The van der Waals surface area contributed by atoms with Crippen LogP contribution in [-0.2, 0) is 6.54 Å². The highest BCUT2D eigenvalue weighted by Crippen LogP contribution is 2.12. The molecule has 0 radical (unpaired) electrons. The quantitative estimate of drug-likeness (QED) is 0.838. The van der Waals surface area contributed by atoms with Crippen LogP contribution in [-0.4, -0.2) is 21.0 Å². The summed E-state index contributed by atoms with van der Waals surface area (Å²) in [5.41, 5.74) is 0.622. The fourth-order valence-corrected chi connectivity index (χ4v) is 2.42. The van der Waals surface area contributed by atoms with Gasteiger partial charge in [0.2, 0.25) is 0 Å². The van der Waals surface area contributed by atoms with Crippen molar-refractivity contribution in [3.05, 3.63) is 38.9 Å². The molecule has 0 unspecified atom stereocenters. The Kier molecular flexibility index (Phi) is 4.00. The lowest BCUT2D eigenvalue weighted by molar-refractivity contribution is 0.0919. The van der Waals surface area contributed by atoms with Crippen molar-refractivity contribution in [3.8, 4) is 0 Å². The molecule has 0 aliphatic carbocycles. The molecule has 0 saturated heterocycles. The number of benzene rings is 1. The summed E-state index contributed by atoms with van der Waals surface area (Å²) >= 11 is 5.17. The first-order valence-corrected chi connectivity index (χ1v) is 7.23. The van der Waals surface area contributed by atoms with E-state index in [1.54, 1.807) is 18.2 Å². The predicted octanol–water partition coefficient (Wildman–Crippen LogP) is 2.61. The van der Waals surface area contributed by atoms with Crippen molar-refractivity contribution in [1.29, 1.82) is 0 Å².